The van der Waals surface area contributed by atoms with Crippen LogP contribution in [0.3, 0.4) is 0 Å². The Balaban J connectivity index is 1.55. The van der Waals surface area contributed by atoms with E-state index in [0.717, 1.165) is 29.7 Å². The van der Waals surface area contributed by atoms with Gasteiger partial charge in [-0.3, -0.25) is 9.59 Å². The molecule has 6 heteroatoms. The van der Waals surface area contributed by atoms with Gasteiger partial charge in [-0.25, -0.2) is 0 Å². The average molecular weight is 453 g/mol. The molecular formula is C28H28N4O2. The third-order valence-electron chi connectivity index (χ3n) is 7.31. The zero-order valence-electron chi connectivity index (χ0n) is 19.2. The van der Waals surface area contributed by atoms with Crippen LogP contribution in [0.2, 0.25) is 0 Å². The van der Waals surface area contributed by atoms with Gasteiger partial charge in [0.15, 0.2) is 0 Å². The van der Waals surface area contributed by atoms with Crippen LogP contribution in [0.25, 0.3) is 16.9 Å². The molecule has 1 fully saturated rings. The molecule has 6 rings (SSSR count). The van der Waals surface area contributed by atoms with Crippen LogP contribution >= 0.6 is 0 Å². The Labute approximate surface area is 198 Å². The summed E-state index contributed by atoms with van der Waals surface area (Å²) in [5, 5.41) is 4.69. The summed E-state index contributed by atoms with van der Waals surface area (Å²) < 4.78 is 3.51. The van der Waals surface area contributed by atoms with E-state index in [-0.39, 0.29) is 17.5 Å². The molecule has 34 heavy (non-hydrogen) atoms. The number of amides is 1. The van der Waals surface area contributed by atoms with E-state index in [9.17, 15) is 9.59 Å². The third kappa shape index (κ3) is 3.54. The predicted molar refractivity (Wildman–Crippen MR) is 132 cm³/mol. The van der Waals surface area contributed by atoms with Crippen molar-refractivity contribution in [2.24, 2.45) is 0 Å². The molecule has 0 atom stereocenters. The Morgan fingerprint density at radius 2 is 1.59 bits per heavy atom. The number of nitrogens with zero attached hydrogens (tertiary/aromatic N) is 4. The van der Waals surface area contributed by atoms with Crippen molar-refractivity contribution in [2.45, 2.75) is 51.1 Å². The van der Waals surface area contributed by atoms with Gasteiger partial charge in [-0.05, 0) is 24.8 Å². The molecule has 172 valence electrons. The first-order valence-electron chi connectivity index (χ1n) is 12.3. The number of fused-ring (bicyclic) bond motifs is 2. The molecule has 2 aliphatic rings. The van der Waals surface area contributed by atoms with Crippen molar-refractivity contribution in [3.8, 4) is 11.3 Å². The van der Waals surface area contributed by atoms with Gasteiger partial charge >= 0.3 is 0 Å². The zero-order chi connectivity index (χ0) is 23.1. The van der Waals surface area contributed by atoms with Gasteiger partial charge in [-0.2, -0.15) is 9.61 Å². The standard InChI is InChI=1S/C28H28N4O2/c33-27-23-16-17-30(22-14-8-3-9-15-22)28(34)26(23)31(19-20-10-4-1-5-11-20)25-18-24(29-32(25)27)21-12-6-2-7-13-21/h1-2,4-7,10-13,18,22H,3,8-9,14-17,19H2. The lowest BCUT2D eigenvalue weighted by atomic mass is 9.92. The highest BCUT2D eigenvalue weighted by Gasteiger charge is 2.35. The summed E-state index contributed by atoms with van der Waals surface area (Å²) in [7, 11) is 0. The molecule has 4 aromatic rings. The lowest BCUT2D eigenvalue weighted by Crippen LogP contribution is -2.49. The maximum atomic E-state index is 13.9. The predicted octanol–water partition coefficient (Wildman–Crippen LogP) is 4.54. The summed E-state index contributed by atoms with van der Waals surface area (Å²) in [6.45, 7) is 1.12. The Morgan fingerprint density at radius 3 is 2.32 bits per heavy atom. The third-order valence-corrected chi connectivity index (χ3v) is 7.31. The van der Waals surface area contributed by atoms with Crippen LogP contribution in [0.15, 0.2) is 71.5 Å². The van der Waals surface area contributed by atoms with Crippen molar-refractivity contribution in [3.63, 3.8) is 0 Å². The highest BCUT2D eigenvalue weighted by molar-refractivity contribution is 5.96. The number of rotatable bonds is 4. The maximum absolute atomic E-state index is 13.9. The lowest BCUT2D eigenvalue weighted by Gasteiger charge is -2.38. The fraction of sp³-hybridized carbons (Fsp3) is 0.321. The Hall–Kier alpha value is -3.67. The highest BCUT2D eigenvalue weighted by Crippen LogP contribution is 2.29. The van der Waals surface area contributed by atoms with Gasteiger partial charge in [-0.15, -0.1) is 0 Å². The summed E-state index contributed by atoms with van der Waals surface area (Å²) in [6, 6.07) is 22.2. The maximum Gasteiger partial charge on any atom is 0.278 e. The zero-order valence-corrected chi connectivity index (χ0v) is 19.2. The second kappa shape index (κ2) is 8.60. The smallest absolute Gasteiger partial charge is 0.278 e. The van der Waals surface area contributed by atoms with Gasteiger partial charge < -0.3 is 9.47 Å². The largest absolute Gasteiger partial charge is 0.334 e. The van der Waals surface area contributed by atoms with E-state index < -0.39 is 0 Å². The molecule has 6 nitrogen and oxygen atoms in total. The van der Waals surface area contributed by atoms with Gasteiger partial charge in [0.25, 0.3) is 11.5 Å². The Kier molecular flexibility index (Phi) is 5.28. The van der Waals surface area contributed by atoms with Crippen LogP contribution in [0, 0.1) is 0 Å². The number of hydrogen-bond donors (Lipinski definition) is 0. The molecule has 3 heterocycles. The quantitative estimate of drug-likeness (QED) is 0.457. The summed E-state index contributed by atoms with van der Waals surface area (Å²) in [4.78, 5) is 29.5. The van der Waals surface area contributed by atoms with Crippen molar-refractivity contribution in [2.75, 3.05) is 6.54 Å². The van der Waals surface area contributed by atoms with Gasteiger partial charge in [0, 0.05) is 30.8 Å². The summed E-state index contributed by atoms with van der Waals surface area (Å²) >= 11 is 0. The number of aromatic nitrogens is 3. The minimum Gasteiger partial charge on any atom is -0.334 e. The van der Waals surface area contributed by atoms with Gasteiger partial charge in [0.1, 0.15) is 11.3 Å². The molecule has 0 N–H and O–H groups in total. The van der Waals surface area contributed by atoms with Crippen molar-refractivity contribution in [1.29, 1.82) is 0 Å². The van der Waals surface area contributed by atoms with E-state index in [1.54, 1.807) is 0 Å². The molecule has 2 aromatic heterocycles. The van der Waals surface area contributed by atoms with Crippen molar-refractivity contribution >= 4 is 11.6 Å². The molecule has 1 amide bonds. The molecule has 0 radical (unpaired) electrons. The second-order valence-corrected chi connectivity index (χ2v) is 9.41. The molecule has 2 aromatic carbocycles. The van der Waals surface area contributed by atoms with Crippen molar-refractivity contribution < 1.29 is 4.79 Å². The number of carbonyl (C=O) groups excluding carboxylic acids is 1. The minimum absolute atomic E-state index is 0.00820. The van der Waals surface area contributed by atoms with Crippen LogP contribution in [0.1, 0.15) is 53.7 Å². The first-order chi connectivity index (χ1) is 16.7. The molecule has 1 aliphatic heterocycles. The van der Waals surface area contributed by atoms with Crippen LogP contribution in [0.5, 0.6) is 0 Å². The first-order valence-corrected chi connectivity index (χ1v) is 12.3. The first kappa shape index (κ1) is 20.9. The molecule has 0 unspecified atom stereocenters. The van der Waals surface area contributed by atoms with Gasteiger partial charge in [-0.1, -0.05) is 79.9 Å². The molecule has 0 saturated heterocycles. The van der Waals surface area contributed by atoms with Crippen molar-refractivity contribution in [1.82, 2.24) is 19.1 Å². The highest BCUT2D eigenvalue weighted by atomic mass is 16.2. The van der Waals surface area contributed by atoms with E-state index in [0.29, 0.717) is 36.4 Å². The SMILES string of the molecule is O=C1c2c(c(=O)n3nc(-c4ccccc4)cc3n2Cc2ccccc2)CCN1C1CCCCC1. The fourth-order valence-corrected chi connectivity index (χ4v) is 5.58. The van der Waals surface area contributed by atoms with E-state index in [1.807, 2.05) is 64.1 Å². The van der Waals surface area contributed by atoms with E-state index >= 15 is 0 Å². The molecule has 0 spiro atoms. The summed E-state index contributed by atoms with van der Waals surface area (Å²) in [5.41, 5.74) is 4.38. The molecule has 0 bridgehead atoms. The monoisotopic (exact) mass is 452 g/mol. The lowest BCUT2D eigenvalue weighted by molar-refractivity contribution is 0.0600. The Morgan fingerprint density at radius 1 is 0.882 bits per heavy atom. The van der Waals surface area contributed by atoms with Crippen molar-refractivity contribution in [3.05, 3.63) is 93.9 Å². The molecular weight excluding hydrogens is 424 g/mol. The molecule has 1 saturated carbocycles. The minimum atomic E-state index is -0.173. The van der Waals surface area contributed by atoms with Crippen LogP contribution < -0.4 is 5.56 Å². The van der Waals surface area contributed by atoms with Crippen LogP contribution in [-0.2, 0) is 13.0 Å². The van der Waals surface area contributed by atoms with Crippen LogP contribution in [-0.4, -0.2) is 37.6 Å². The topological polar surface area (TPSA) is 59.6 Å². The van der Waals surface area contributed by atoms with E-state index in [1.165, 1.54) is 23.8 Å². The van der Waals surface area contributed by atoms with E-state index in [4.69, 9.17) is 0 Å². The van der Waals surface area contributed by atoms with Gasteiger partial charge in [0.2, 0.25) is 0 Å². The molecule has 1 aliphatic carbocycles. The van der Waals surface area contributed by atoms with E-state index in [2.05, 4.69) is 17.2 Å². The number of benzene rings is 2. The summed E-state index contributed by atoms with van der Waals surface area (Å²) in [5.74, 6) is -0.00820. The fourth-order valence-electron chi connectivity index (χ4n) is 5.58. The average Bonchev–Trinajstić information content (AvgIpc) is 3.34. The second-order valence-electron chi connectivity index (χ2n) is 9.41. The van der Waals surface area contributed by atoms with Crippen LogP contribution in [0.4, 0.5) is 0 Å². The Bertz CT molecular complexity index is 1400. The van der Waals surface area contributed by atoms with Gasteiger partial charge in [0.05, 0.1) is 11.3 Å². The summed E-state index contributed by atoms with van der Waals surface area (Å²) in [6.07, 6.45) is 6.25. The number of hydrogen-bond acceptors (Lipinski definition) is 3. The normalized spacial score (nSPS) is 16.7. The number of carbonyl (C=O) groups is 1.